The summed E-state index contributed by atoms with van der Waals surface area (Å²) in [7, 11) is 3.14. The lowest BCUT2D eigenvalue weighted by Crippen LogP contribution is -2.17. The molecule has 1 aliphatic rings. The van der Waals surface area contributed by atoms with Gasteiger partial charge in [-0.25, -0.2) is 0 Å². The molecule has 1 aliphatic carbocycles. The van der Waals surface area contributed by atoms with Gasteiger partial charge >= 0.3 is 0 Å². The fraction of sp³-hybridized carbons (Fsp3) is 0.643. The van der Waals surface area contributed by atoms with E-state index < -0.39 is 6.10 Å². The molecule has 1 unspecified atom stereocenters. The Kier molecular flexibility index (Phi) is 4.42. The Bertz CT molecular complexity index is 389. The minimum Gasteiger partial charge on any atom is -0.481 e. The van der Waals surface area contributed by atoms with Crippen molar-refractivity contribution in [1.29, 1.82) is 0 Å². The van der Waals surface area contributed by atoms with Crippen LogP contribution in [-0.2, 0) is 0 Å². The van der Waals surface area contributed by atoms with E-state index in [1.165, 1.54) is 19.3 Å². The molecule has 100 valence electrons. The molecule has 1 heterocycles. The zero-order chi connectivity index (χ0) is 13.0. The van der Waals surface area contributed by atoms with Gasteiger partial charge in [-0.15, -0.1) is 0 Å². The van der Waals surface area contributed by atoms with Crippen molar-refractivity contribution in [3.05, 3.63) is 17.7 Å². The summed E-state index contributed by atoms with van der Waals surface area (Å²) in [6.45, 7) is 0. The van der Waals surface area contributed by atoms with Gasteiger partial charge in [0.2, 0.25) is 11.8 Å². The molecule has 1 aromatic heterocycles. The topological polar surface area (TPSA) is 51.6 Å². The van der Waals surface area contributed by atoms with E-state index in [4.69, 9.17) is 9.47 Å². The van der Waals surface area contributed by atoms with Crippen LogP contribution in [0.5, 0.6) is 11.8 Å². The van der Waals surface area contributed by atoms with Crippen LogP contribution in [0, 0.1) is 5.92 Å². The van der Waals surface area contributed by atoms with Crippen molar-refractivity contribution < 1.29 is 14.6 Å². The van der Waals surface area contributed by atoms with Crippen molar-refractivity contribution in [3.63, 3.8) is 0 Å². The molecule has 1 atom stereocenters. The number of aliphatic hydroxyl groups is 1. The second kappa shape index (κ2) is 6.05. The third-order valence-electron chi connectivity index (χ3n) is 3.68. The summed E-state index contributed by atoms with van der Waals surface area (Å²) in [6, 6.07) is 3.62. The Morgan fingerprint density at radius 2 is 1.89 bits per heavy atom. The highest BCUT2D eigenvalue weighted by Gasteiger charge is 2.26. The maximum Gasteiger partial charge on any atom is 0.222 e. The van der Waals surface area contributed by atoms with Crippen LogP contribution in [0.25, 0.3) is 0 Å². The smallest absolute Gasteiger partial charge is 0.222 e. The van der Waals surface area contributed by atoms with Gasteiger partial charge in [-0.1, -0.05) is 19.3 Å². The number of methoxy groups -OCH3 is 2. The fourth-order valence-electron chi connectivity index (χ4n) is 2.64. The molecule has 0 bridgehead atoms. The molecule has 1 aromatic rings. The van der Waals surface area contributed by atoms with Crippen LogP contribution < -0.4 is 9.47 Å². The quantitative estimate of drug-likeness (QED) is 0.894. The summed E-state index contributed by atoms with van der Waals surface area (Å²) in [5.41, 5.74) is 0.769. The van der Waals surface area contributed by atoms with Gasteiger partial charge in [0.25, 0.3) is 0 Å². The summed E-state index contributed by atoms with van der Waals surface area (Å²) in [4.78, 5) is 4.22. The van der Waals surface area contributed by atoms with Gasteiger partial charge in [0.15, 0.2) is 0 Å². The van der Waals surface area contributed by atoms with Gasteiger partial charge < -0.3 is 14.6 Å². The van der Waals surface area contributed by atoms with Crippen LogP contribution in [0.15, 0.2) is 12.1 Å². The Morgan fingerprint density at radius 3 is 2.50 bits per heavy atom. The highest BCUT2D eigenvalue weighted by molar-refractivity contribution is 5.32. The molecule has 1 N–H and O–H groups in total. The summed E-state index contributed by atoms with van der Waals surface area (Å²) < 4.78 is 10.3. The molecule has 0 aromatic carbocycles. The lowest BCUT2D eigenvalue weighted by molar-refractivity contribution is 0.0817. The van der Waals surface area contributed by atoms with Crippen molar-refractivity contribution >= 4 is 0 Å². The Morgan fingerprint density at radius 1 is 1.17 bits per heavy atom. The fourth-order valence-corrected chi connectivity index (χ4v) is 2.64. The zero-order valence-electron chi connectivity index (χ0n) is 11.1. The third-order valence-corrected chi connectivity index (χ3v) is 3.68. The first kappa shape index (κ1) is 13.1. The number of pyridine rings is 1. The van der Waals surface area contributed by atoms with Gasteiger partial charge in [-0.05, 0) is 24.8 Å². The Hall–Kier alpha value is -1.29. The van der Waals surface area contributed by atoms with Gasteiger partial charge in [0.1, 0.15) is 0 Å². The third kappa shape index (κ3) is 2.75. The molecule has 0 saturated heterocycles. The van der Waals surface area contributed by atoms with Crippen LogP contribution in [0.1, 0.15) is 43.8 Å². The van der Waals surface area contributed by atoms with Crippen LogP contribution in [0.4, 0.5) is 0 Å². The maximum atomic E-state index is 10.5. The molecule has 2 rings (SSSR count). The molecule has 18 heavy (non-hydrogen) atoms. The van der Waals surface area contributed by atoms with E-state index in [0.717, 1.165) is 18.4 Å². The Labute approximate surface area is 108 Å². The molecule has 1 saturated carbocycles. The van der Waals surface area contributed by atoms with Crippen molar-refractivity contribution in [3.8, 4) is 11.8 Å². The predicted octanol–water partition coefficient (Wildman–Crippen LogP) is 2.71. The summed E-state index contributed by atoms with van der Waals surface area (Å²) >= 11 is 0. The van der Waals surface area contributed by atoms with Crippen molar-refractivity contribution in [1.82, 2.24) is 4.98 Å². The average Bonchev–Trinajstić information content (AvgIpc) is 2.46. The van der Waals surface area contributed by atoms with Crippen LogP contribution in [0.3, 0.4) is 0 Å². The largest absolute Gasteiger partial charge is 0.481 e. The number of ether oxygens (including phenoxy) is 2. The Balaban J connectivity index is 2.20. The summed E-state index contributed by atoms with van der Waals surface area (Å²) in [5.74, 6) is 1.29. The number of nitrogens with zero attached hydrogens (tertiary/aromatic N) is 1. The average molecular weight is 251 g/mol. The second-order valence-electron chi connectivity index (χ2n) is 4.80. The monoisotopic (exact) mass is 251 g/mol. The maximum absolute atomic E-state index is 10.5. The molecular weight excluding hydrogens is 230 g/mol. The van der Waals surface area contributed by atoms with E-state index in [2.05, 4.69) is 4.98 Å². The van der Waals surface area contributed by atoms with E-state index in [-0.39, 0.29) is 0 Å². The second-order valence-corrected chi connectivity index (χ2v) is 4.80. The minimum absolute atomic E-state index is 0.322. The molecule has 0 spiro atoms. The number of aromatic nitrogens is 1. The van der Waals surface area contributed by atoms with E-state index in [9.17, 15) is 5.11 Å². The van der Waals surface area contributed by atoms with Crippen LogP contribution in [0.2, 0.25) is 0 Å². The molecular formula is C14H21NO3. The van der Waals surface area contributed by atoms with Gasteiger partial charge in [-0.3, -0.25) is 0 Å². The van der Waals surface area contributed by atoms with E-state index in [1.807, 2.05) is 6.07 Å². The molecule has 0 amide bonds. The number of aliphatic hydroxyl groups excluding tert-OH is 1. The summed E-state index contributed by atoms with van der Waals surface area (Å²) in [6.07, 6.45) is 5.36. The molecule has 0 aliphatic heterocycles. The molecule has 4 nitrogen and oxygen atoms in total. The highest BCUT2D eigenvalue weighted by atomic mass is 16.5. The van der Waals surface area contributed by atoms with Crippen LogP contribution in [-0.4, -0.2) is 24.3 Å². The number of hydrogen-bond donors (Lipinski definition) is 1. The SMILES string of the molecule is COc1ccc(C(O)C2CCCCC2)c(OC)n1. The first-order valence-corrected chi connectivity index (χ1v) is 6.53. The number of hydrogen-bond acceptors (Lipinski definition) is 4. The van der Waals surface area contributed by atoms with Gasteiger partial charge in [0, 0.05) is 11.6 Å². The van der Waals surface area contributed by atoms with Crippen molar-refractivity contribution in [2.24, 2.45) is 5.92 Å². The van der Waals surface area contributed by atoms with E-state index in [0.29, 0.717) is 17.7 Å². The molecule has 0 radical (unpaired) electrons. The van der Waals surface area contributed by atoms with Crippen molar-refractivity contribution in [2.75, 3.05) is 14.2 Å². The van der Waals surface area contributed by atoms with Crippen LogP contribution >= 0.6 is 0 Å². The van der Waals surface area contributed by atoms with Crippen molar-refractivity contribution in [2.45, 2.75) is 38.2 Å². The first-order chi connectivity index (χ1) is 8.76. The van der Waals surface area contributed by atoms with E-state index >= 15 is 0 Å². The zero-order valence-corrected chi connectivity index (χ0v) is 11.1. The first-order valence-electron chi connectivity index (χ1n) is 6.53. The van der Waals surface area contributed by atoms with E-state index in [1.54, 1.807) is 20.3 Å². The highest BCUT2D eigenvalue weighted by Crippen LogP contribution is 2.37. The van der Waals surface area contributed by atoms with Gasteiger partial charge in [0.05, 0.1) is 20.3 Å². The minimum atomic E-state index is -0.487. The molecule has 1 fully saturated rings. The lowest BCUT2D eigenvalue weighted by atomic mass is 9.83. The summed E-state index contributed by atoms with van der Waals surface area (Å²) in [5, 5.41) is 10.5. The number of rotatable bonds is 4. The molecule has 4 heteroatoms. The standard InChI is InChI=1S/C14H21NO3/c1-17-12-9-8-11(14(15-12)18-2)13(16)10-6-4-3-5-7-10/h8-10,13,16H,3-7H2,1-2H3. The van der Waals surface area contributed by atoms with Gasteiger partial charge in [-0.2, -0.15) is 4.98 Å². The predicted molar refractivity (Wildman–Crippen MR) is 68.9 cm³/mol. The lowest BCUT2D eigenvalue weighted by Gasteiger charge is -2.27. The normalized spacial score (nSPS) is 18.4.